The minimum absolute atomic E-state index is 0.286. The number of rotatable bonds is 4. The Morgan fingerprint density at radius 3 is 2.34 bits per heavy atom. The van der Waals surface area contributed by atoms with Gasteiger partial charge >= 0.3 is 0 Å². The van der Waals surface area contributed by atoms with Gasteiger partial charge < -0.3 is 5.11 Å². The van der Waals surface area contributed by atoms with Crippen molar-refractivity contribution in [1.29, 1.82) is 0 Å². The highest BCUT2D eigenvalue weighted by Gasteiger charge is 2.17. The van der Waals surface area contributed by atoms with Crippen LogP contribution in [0.3, 0.4) is 0 Å². The number of anilines is 1. The minimum Gasteiger partial charge on any atom is -0.494 e. The van der Waals surface area contributed by atoms with E-state index in [9.17, 15) is 14.3 Å². The maximum atomic E-state index is 13.0. The second-order valence-corrected chi connectivity index (χ2v) is 6.66. The summed E-state index contributed by atoms with van der Waals surface area (Å²) in [5.74, 6) is -0.638. The Morgan fingerprint density at radius 1 is 0.966 bits per heavy atom. The van der Waals surface area contributed by atoms with E-state index in [-0.39, 0.29) is 11.7 Å². The van der Waals surface area contributed by atoms with Crippen LogP contribution in [0.1, 0.15) is 5.56 Å². The predicted octanol–water partition coefficient (Wildman–Crippen LogP) is 4.93. The molecular formula is C22H15ClFN3O2. The van der Waals surface area contributed by atoms with Gasteiger partial charge in [-0.2, -0.15) is 5.10 Å². The normalized spacial score (nSPS) is 11.2. The van der Waals surface area contributed by atoms with E-state index < -0.39 is 5.56 Å². The van der Waals surface area contributed by atoms with Gasteiger partial charge in [-0.05, 0) is 42.5 Å². The third kappa shape index (κ3) is 3.58. The Hall–Kier alpha value is -3.64. The number of aromatic hydroxyl groups is 1. The summed E-state index contributed by atoms with van der Waals surface area (Å²) in [5, 5.41) is 16.3. The first-order valence-electron chi connectivity index (χ1n) is 8.72. The van der Waals surface area contributed by atoms with Crippen LogP contribution in [0.25, 0.3) is 16.5 Å². The smallest absolute Gasteiger partial charge is 0.265 e. The van der Waals surface area contributed by atoms with Crippen molar-refractivity contribution in [2.45, 2.75) is 0 Å². The molecule has 0 saturated carbocycles. The summed E-state index contributed by atoms with van der Waals surface area (Å²) in [4.78, 5) is 13.0. The largest absolute Gasteiger partial charge is 0.494 e. The summed E-state index contributed by atoms with van der Waals surface area (Å²) < 4.78 is 14.2. The lowest BCUT2D eigenvalue weighted by Gasteiger charge is -2.14. The average molecular weight is 408 g/mol. The number of halogens is 2. The van der Waals surface area contributed by atoms with Crippen molar-refractivity contribution in [3.63, 3.8) is 0 Å². The molecule has 0 bridgehead atoms. The molecule has 0 aliphatic heterocycles. The molecule has 29 heavy (non-hydrogen) atoms. The van der Waals surface area contributed by atoms with Gasteiger partial charge in [0.2, 0.25) is 5.88 Å². The van der Waals surface area contributed by atoms with E-state index >= 15 is 0 Å². The Morgan fingerprint density at radius 2 is 1.62 bits per heavy atom. The van der Waals surface area contributed by atoms with Crippen LogP contribution in [-0.4, -0.2) is 15.9 Å². The van der Waals surface area contributed by atoms with Crippen LogP contribution >= 0.6 is 11.6 Å². The molecule has 0 saturated heterocycles. The summed E-state index contributed by atoms with van der Waals surface area (Å²) in [5.41, 5.74) is 3.66. The highest BCUT2D eigenvalue weighted by molar-refractivity contribution is 6.32. The van der Waals surface area contributed by atoms with Crippen molar-refractivity contribution in [3.8, 4) is 11.6 Å². The van der Waals surface area contributed by atoms with E-state index in [1.165, 1.54) is 30.5 Å². The van der Waals surface area contributed by atoms with Gasteiger partial charge in [0.1, 0.15) is 5.82 Å². The number of hydrogen-bond acceptors (Lipinski definition) is 4. The standard InChI is InChI=1S/C22H15ClFN3O2/c23-19-7-3-4-8-20(19)27-21(28)17-6-2-1-5-16(17)18(22(27)29)13-25-26-15-11-9-14(24)10-12-15/h1-13,26,29H/b25-13+. The zero-order valence-corrected chi connectivity index (χ0v) is 15.8. The van der Waals surface area contributed by atoms with E-state index in [0.29, 0.717) is 32.7 Å². The molecule has 0 atom stereocenters. The van der Waals surface area contributed by atoms with Crippen LogP contribution in [0.5, 0.6) is 5.88 Å². The van der Waals surface area contributed by atoms with Crippen molar-refractivity contribution >= 4 is 34.3 Å². The quantitative estimate of drug-likeness (QED) is 0.372. The van der Waals surface area contributed by atoms with Crippen molar-refractivity contribution in [1.82, 2.24) is 4.57 Å². The lowest BCUT2D eigenvalue weighted by Crippen LogP contribution is -2.20. The molecule has 4 rings (SSSR count). The summed E-state index contributed by atoms with van der Waals surface area (Å²) in [7, 11) is 0. The Balaban J connectivity index is 1.87. The van der Waals surface area contributed by atoms with Crippen LogP contribution in [0.4, 0.5) is 10.1 Å². The fourth-order valence-electron chi connectivity index (χ4n) is 3.04. The SMILES string of the molecule is O=c1c2ccccc2c(/C=N/Nc2ccc(F)cc2)c(O)n1-c1ccccc1Cl. The van der Waals surface area contributed by atoms with Crippen LogP contribution in [-0.2, 0) is 0 Å². The third-order valence-corrected chi connectivity index (χ3v) is 4.75. The molecule has 0 spiro atoms. The zero-order chi connectivity index (χ0) is 20.4. The lowest BCUT2D eigenvalue weighted by atomic mass is 10.1. The number of fused-ring (bicyclic) bond motifs is 1. The van der Waals surface area contributed by atoms with Gasteiger partial charge in [0.25, 0.3) is 5.56 Å². The summed E-state index contributed by atoms with van der Waals surface area (Å²) in [6.45, 7) is 0. The molecule has 0 unspecified atom stereocenters. The number of benzene rings is 3. The first kappa shape index (κ1) is 18.7. The van der Waals surface area contributed by atoms with E-state index in [4.69, 9.17) is 11.6 Å². The van der Waals surface area contributed by atoms with Gasteiger partial charge in [-0.15, -0.1) is 0 Å². The molecule has 0 fully saturated rings. The summed E-state index contributed by atoms with van der Waals surface area (Å²) in [6, 6.07) is 19.4. The monoisotopic (exact) mass is 407 g/mol. The highest BCUT2D eigenvalue weighted by Crippen LogP contribution is 2.28. The van der Waals surface area contributed by atoms with Crippen LogP contribution < -0.4 is 11.0 Å². The number of nitrogens with one attached hydrogen (secondary N) is 1. The molecule has 144 valence electrons. The lowest BCUT2D eigenvalue weighted by molar-refractivity contribution is 0.436. The molecule has 4 aromatic rings. The fourth-order valence-corrected chi connectivity index (χ4v) is 3.26. The molecule has 0 radical (unpaired) electrons. The van der Waals surface area contributed by atoms with Gasteiger partial charge in [0.05, 0.1) is 28.2 Å². The molecule has 5 nitrogen and oxygen atoms in total. The molecule has 1 heterocycles. The van der Waals surface area contributed by atoms with Gasteiger partial charge in [-0.1, -0.05) is 41.9 Å². The molecule has 7 heteroatoms. The summed E-state index contributed by atoms with van der Waals surface area (Å²) >= 11 is 6.26. The summed E-state index contributed by atoms with van der Waals surface area (Å²) in [6.07, 6.45) is 1.41. The van der Waals surface area contributed by atoms with Crippen molar-refractivity contribution in [3.05, 3.63) is 99.6 Å². The minimum atomic E-state index is -0.394. The molecule has 1 aromatic heterocycles. The molecule has 3 aromatic carbocycles. The number of pyridine rings is 1. The maximum Gasteiger partial charge on any atom is 0.265 e. The number of hydrogen-bond donors (Lipinski definition) is 2. The van der Waals surface area contributed by atoms with E-state index in [1.807, 2.05) is 0 Å². The number of para-hydroxylation sites is 1. The first-order valence-corrected chi connectivity index (χ1v) is 9.10. The predicted molar refractivity (Wildman–Crippen MR) is 114 cm³/mol. The maximum absolute atomic E-state index is 13.0. The third-order valence-electron chi connectivity index (χ3n) is 4.43. The van der Waals surface area contributed by atoms with Crippen molar-refractivity contribution < 1.29 is 9.50 Å². The van der Waals surface area contributed by atoms with Gasteiger partial charge in [0, 0.05) is 10.8 Å². The molecule has 0 amide bonds. The number of aromatic nitrogens is 1. The van der Waals surface area contributed by atoms with Gasteiger partial charge in [-0.25, -0.2) is 8.96 Å². The highest BCUT2D eigenvalue weighted by atomic mass is 35.5. The van der Waals surface area contributed by atoms with E-state index in [1.54, 1.807) is 48.5 Å². The van der Waals surface area contributed by atoms with Crippen LogP contribution in [0, 0.1) is 5.82 Å². The van der Waals surface area contributed by atoms with Crippen molar-refractivity contribution in [2.75, 3.05) is 5.43 Å². The molecule has 0 aliphatic carbocycles. The Labute approximate surface area is 170 Å². The fraction of sp³-hybridized carbons (Fsp3) is 0. The first-order chi connectivity index (χ1) is 14.1. The van der Waals surface area contributed by atoms with Gasteiger partial charge in [-0.3, -0.25) is 10.2 Å². The van der Waals surface area contributed by atoms with Gasteiger partial charge in [0.15, 0.2) is 0 Å². The number of nitrogens with zero attached hydrogens (tertiary/aromatic N) is 2. The van der Waals surface area contributed by atoms with Crippen LogP contribution in [0.15, 0.2) is 82.7 Å². The second-order valence-electron chi connectivity index (χ2n) is 6.25. The topological polar surface area (TPSA) is 66.6 Å². The molecule has 2 N–H and O–H groups in total. The van der Waals surface area contributed by atoms with E-state index in [2.05, 4.69) is 10.5 Å². The molecular weight excluding hydrogens is 393 g/mol. The van der Waals surface area contributed by atoms with Crippen molar-refractivity contribution in [2.24, 2.45) is 5.10 Å². The average Bonchev–Trinajstić information content (AvgIpc) is 2.73. The second kappa shape index (κ2) is 7.77. The van der Waals surface area contributed by atoms with E-state index in [0.717, 1.165) is 4.57 Å². The van der Waals surface area contributed by atoms with Crippen LogP contribution in [0.2, 0.25) is 5.02 Å². The molecule has 0 aliphatic rings. The Kier molecular flexibility index (Phi) is 5.01. The zero-order valence-electron chi connectivity index (χ0n) is 15.0. The number of hydrazone groups is 1. The Bertz CT molecular complexity index is 1280.